The molecule has 20 heavy (non-hydrogen) atoms. The second-order valence-electron chi connectivity index (χ2n) is 4.53. The smallest absolute Gasteiger partial charge is 0.203 e. The lowest BCUT2D eigenvalue weighted by Crippen LogP contribution is -2.12. The van der Waals surface area contributed by atoms with Crippen molar-refractivity contribution in [1.29, 1.82) is 0 Å². The molecular formula is C15H26ClNO3. The first-order chi connectivity index (χ1) is 9.19. The lowest BCUT2D eigenvalue weighted by Gasteiger charge is -2.19. The van der Waals surface area contributed by atoms with E-state index >= 15 is 0 Å². The average molecular weight is 304 g/mol. The average Bonchev–Trinajstić information content (AvgIpc) is 2.45. The molecule has 0 radical (unpaired) electrons. The van der Waals surface area contributed by atoms with Crippen molar-refractivity contribution in [1.82, 2.24) is 0 Å². The van der Waals surface area contributed by atoms with Crippen LogP contribution in [0.15, 0.2) is 12.1 Å². The lowest BCUT2D eigenvalue weighted by molar-refractivity contribution is 0.320. The number of hydrogen-bond donors (Lipinski definition) is 1. The van der Waals surface area contributed by atoms with Gasteiger partial charge in [-0.2, -0.15) is 0 Å². The van der Waals surface area contributed by atoms with Gasteiger partial charge < -0.3 is 19.9 Å². The number of rotatable bonds is 8. The maximum absolute atomic E-state index is 6.25. The van der Waals surface area contributed by atoms with Crippen LogP contribution in [0.25, 0.3) is 0 Å². The Balaban J connectivity index is 0.00000361. The molecule has 2 N–H and O–H groups in total. The van der Waals surface area contributed by atoms with Crippen LogP contribution < -0.4 is 19.9 Å². The molecule has 1 aromatic carbocycles. The highest BCUT2D eigenvalue weighted by Gasteiger charge is 2.19. The largest absolute Gasteiger partial charge is 0.493 e. The van der Waals surface area contributed by atoms with Gasteiger partial charge in [0.1, 0.15) is 0 Å². The van der Waals surface area contributed by atoms with E-state index in [9.17, 15) is 0 Å². The Hall–Kier alpha value is -1.13. The van der Waals surface area contributed by atoms with Gasteiger partial charge in [-0.3, -0.25) is 0 Å². The Morgan fingerprint density at radius 1 is 1.00 bits per heavy atom. The zero-order chi connectivity index (χ0) is 14.3. The van der Waals surface area contributed by atoms with Crippen molar-refractivity contribution in [3.63, 3.8) is 0 Å². The fourth-order valence-electron chi connectivity index (χ4n) is 2.19. The summed E-state index contributed by atoms with van der Waals surface area (Å²) in [6.07, 6.45) is 4.45. The predicted molar refractivity (Wildman–Crippen MR) is 84.4 cm³/mol. The molecule has 0 unspecified atom stereocenters. The van der Waals surface area contributed by atoms with Crippen LogP contribution in [0.2, 0.25) is 0 Å². The van der Waals surface area contributed by atoms with Gasteiger partial charge in [0, 0.05) is 11.6 Å². The van der Waals surface area contributed by atoms with Crippen molar-refractivity contribution >= 4 is 12.4 Å². The quantitative estimate of drug-likeness (QED) is 0.744. The number of nitrogens with two attached hydrogens (primary N) is 1. The van der Waals surface area contributed by atoms with Gasteiger partial charge in [0.05, 0.1) is 21.3 Å². The Kier molecular flexibility index (Phi) is 9.17. The first-order valence-electron chi connectivity index (χ1n) is 6.74. The Morgan fingerprint density at radius 2 is 1.65 bits per heavy atom. The van der Waals surface area contributed by atoms with Gasteiger partial charge in [0.25, 0.3) is 0 Å². The fraction of sp³-hybridized carbons (Fsp3) is 0.600. The van der Waals surface area contributed by atoms with E-state index in [0.29, 0.717) is 17.2 Å². The van der Waals surface area contributed by atoms with Crippen molar-refractivity contribution < 1.29 is 14.2 Å². The highest BCUT2D eigenvalue weighted by atomic mass is 35.5. The molecule has 0 aliphatic rings. The third-order valence-electron chi connectivity index (χ3n) is 3.25. The van der Waals surface area contributed by atoms with Crippen LogP contribution in [-0.4, -0.2) is 21.3 Å². The summed E-state index contributed by atoms with van der Waals surface area (Å²) in [6, 6.07) is 3.79. The summed E-state index contributed by atoms with van der Waals surface area (Å²) in [5.74, 6) is 1.93. The van der Waals surface area contributed by atoms with Crippen LogP contribution in [0.4, 0.5) is 0 Å². The molecule has 0 aromatic heterocycles. The summed E-state index contributed by atoms with van der Waals surface area (Å²) in [4.78, 5) is 0. The fourth-order valence-corrected chi connectivity index (χ4v) is 2.19. The van der Waals surface area contributed by atoms with Gasteiger partial charge in [-0.1, -0.05) is 26.2 Å². The highest BCUT2D eigenvalue weighted by Crippen LogP contribution is 2.42. The molecule has 0 saturated heterocycles. The van der Waals surface area contributed by atoms with E-state index in [1.165, 1.54) is 12.8 Å². The second-order valence-corrected chi connectivity index (χ2v) is 4.53. The maximum atomic E-state index is 6.25. The molecule has 116 valence electrons. The lowest BCUT2D eigenvalue weighted by atomic mass is 9.99. The van der Waals surface area contributed by atoms with E-state index in [0.717, 1.165) is 18.4 Å². The SMILES string of the molecule is CCCCC[C@H](N)c1ccc(OC)c(OC)c1OC.Cl. The van der Waals surface area contributed by atoms with Crippen LogP contribution in [0, 0.1) is 0 Å². The van der Waals surface area contributed by atoms with Gasteiger partial charge in [-0.15, -0.1) is 12.4 Å². The van der Waals surface area contributed by atoms with Crippen molar-refractivity contribution in [3.05, 3.63) is 17.7 Å². The Morgan fingerprint density at radius 3 is 2.15 bits per heavy atom. The molecule has 0 bridgehead atoms. The number of halogens is 1. The van der Waals surface area contributed by atoms with Gasteiger partial charge in [-0.25, -0.2) is 0 Å². The van der Waals surface area contributed by atoms with Gasteiger partial charge in [0.2, 0.25) is 5.75 Å². The van der Waals surface area contributed by atoms with E-state index in [2.05, 4.69) is 6.92 Å². The summed E-state index contributed by atoms with van der Waals surface area (Å²) in [7, 11) is 4.84. The van der Waals surface area contributed by atoms with Crippen LogP contribution in [0.3, 0.4) is 0 Å². The molecule has 1 rings (SSSR count). The Bertz CT molecular complexity index is 399. The predicted octanol–water partition coefficient (Wildman–Crippen LogP) is 3.71. The van der Waals surface area contributed by atoms with Crippen molar-refractivity contribution in [2.24, 2.45) is 5.73 Å². The van der Waals surface area contributed by atoms with E-state index in [1.807, 2.05) is 12.1 Å². The molecule has 0 amide bonds. The first-order valence-corrected chi connectivity index (χ1v) is 6.74. The molecule has 4 nitrogen and oxygen atoms in total. The minimum Gasteiger partial charge on any atom is -0.493 e. The molecule has 5 heteroatoms. The topological polar surface area (TPSA) is 53.7 Å². The van der Waals surface area contributed by atoms with Crippen molar-refractivity contribution in [3.8, 4) is 17.2 Å². The minimum atomic E-state index is -0.0405. The zero-order valence-corrected chi connectivity index (χ0v) is 13.6. The van der Waals surface area contributed by atoms with Gasteiger partial charge >= 0.3 is 0 Å². The molecule has 1 aromatic rings. The molecular weight excluding hydrogens is 278 g/mol. The number of methoxy groups -OCH3 is 3. The molecule has 0 aliphatic carbocycles. The maximum Gasteiger partial charge on any atom is 0.203 e. The van der Waals surface area contributed by atoms with Crippen molar-refractivity contribution in [2.75, 3.05) is 21.3 Å². The highest BCUT2D eigenvalue weighted by molar-refractivity contribution is 5.85. The van der Waals surface area contributed by atoms with Crippen LogP contribution in [0.5, 0.6) is 17.2 Å². The van der Waals surface area contributed by atoms with Crippen LogP contribution in [0.1, 0.15) is 44.2 Å². The van der Waals surface area contributed by atoms with Gasteiger partial charge in [-0.05, 0) is 18.6 Å². The Labute approximate surface area is 128 Å². The van der Waals surface area contributed by atoms with Crippen LogP contribution >= 0.6 is 12.4 Å². The second kappa shape index (κ2) is 9.72. The third-order valence-corrected chi connectivity index (χ3v) is 3.25. The zero-order valence-electron chi connectivity index (χ0n) is 12.8. The summed E-state index contributed by atoms with van der Waals surface area (Å²) in [5.41, 5.74) is 7.22. The molecule has 0 fully saturated rings. The van der Waals surface area contributed by atoms with Crippen LogP contribution in [-0.2, 0) is 0 Å². The molecule has 0 aliphatic heterocycles. The van der Waals surface area contributed by atoms with E-state index < -0.39 is 0 Å². The number of benzene rings is 1. The summed E-state index contributed by atoms with van der Waals surface area (Å²) in [6.45, 7) is 2.18. The minimum absolute atomic E-state index is 0. The normalized spacial score (nSPS) is 11.4. The first kappa shape index (κ1) is 18.9. The molecule has 0 spiro atoms. The molecule has 0 heterocycles. The summed E-state index contributed by atoms with van der Waals surface area (Å²) in [5, 5.41) is 0. The number of ether oxygens (including phenoxy) is 3. The monoisotopic (exact) mass is 303 g/mol. The van der Waals surface area contributed by atoms with E-state index in [1.54, 1.807) is 21.3 Å². The summed E-state index contributed by atoms with van der Waals surface area (Å²) < 4.78 is 16.1. The van der Waals surface area contributed by atoms with Crippen molar-refractivity contribution in [2.45, 2.75) is 38.6 Å². The van der Waals surface area contributed by atoms with Gasteiger partial charge in [0.15, 0.2) is 11.5 Å². The van der Waals surface area contributed by atoms with E-state index in [4.69, 9.17) is 19.9 Å². The summed E-state index contributed by atoms with van der Waals surface area (Å²) >= 11 is 0. The standard InChI is InChI=1S/C15H25NO3.ClH/c1-5-6-7-8-12(16)11-9-10-13(17-2)15(19-4)14(11)18-3;/h9-10,12H,5-8,16H2,1-4H3;1H/t12-;/m0./s1. The molecule has 1 atom stereocenters. The number of hydrogen-bond acceptors (Lipinski definition) is 4. The third kappa shape index (κ3) is 4.46. The molecule has 0 saturated carbocycles. The van der Waals surface area contributed by atoms with E-state index in [-0.39, 0.29) is 18.4 Å². The number of unbranched alkanes of at least 4 members (excludes halogenated alkanes) is 2.